The van der Waals surface area contributed by atoms with Gasteiger partial charge in [-0.1, -0.05) is 149 Å². The summed E-state index contributed by atoms with van der Waals surface area (Å²) >= 11 is 0. The molecule has 0 fully saturated rings. The second-order valence-corrected chi connectivity index (χ2v) is 16.4. The SMILES string of the molecule is CCCCC/C=C\C/C=C\CCCCCCCC(=O)OCC(COC(=O)CCCCCCCCC(=O)OCC(CC)CCCCCC)COC(=O)OCCCN(CC)CC. The first-order valence-corrected chi connectivity index (χ1v) is 24.6. The summed E-state index contributed by atoms with van der Waals surface area (Å²) in [6, 6.07) is 0. The Labute approximate surface area is 367 Å². The minimum absolute atomic E-state index is 0.00656. The summed E-state index contributed by atoms with van der Waals surface area (Å²) in [5.41, 5.74) is 0. The molecule has 0 spiro atoms. The van der Waals surface area contributed by atoms with Crippen LogP contribution in [-0.2, 0) is 38.1 Å². The van der Waals surface area contributed by atoms with Crippen molar-refractivity contribution in [1.82, 2.24) is 4.90 Å². The molecule has 0 aliphatic rings. The summed E-state index contributed by atoms with van der Waals surface area (Å²) in [7, 11) is 0. The first-order chi connectivity index (χ1) is 29.3. The van der Waals surface area contributed by atoms with Gasteiger partial charge < -0.3 is 28.6 Å². The molecule has 0 aromatic rings. The van der Waals surface area contributed by atoms with E-state index in [1.165, 1.54) is 51.4 Å². The maximum atomic E-state index is 12.6. The Balaban J connectivity index is 4.41. The van der Waals surface area contributed by atoms with Crippen LogP contribution in [0.15, 0.2) is 24.3 Å². The van der Waals surface area contributed by atoms with Crippen LogP contribution in [0.2, 0.25) is 0 Å². The van der Waals surface area contributed by atoms with Gasteiger partial charge in [-0.25, -0.2) is 4.79 Å². The zero-order valence-electron chi connectivity index (χ0n) is 39.3. The highest BCUT2D eigenvalue weighted by atomic mass is 16.7. The molecule has 2 atom stereocenters. The van der Waals surface area contributed by atoms with Crippen molar-refractivity contribution in [2.24, 2.45) is 11.8 Å². The number of carbonyl (C=O) groups is 4. The molecule has 0 aliphatic heterocycles. The maximum absolute atomic E-state index is 12.6. The first kappa shape index (κ1) is 57.1. The molecule has 0 saturated heterocycles. The van der Waals surface area contributed by atoms with Crippen LogP contribution in [0.25, 0.3) is 0 Å². The lowest BCUT2D eigenvalue weighted by Crippen LogP contribution is -2.27. The van der Waals surface area contributed by atoms with Crippen molar-refractivity contribution in [2.45, 2.75) is 208 Å². The molecule has 0 aromatic carbocycles. The van der Waals surface area contributed by atoms with Crippen LogP contribution >= 0.6 is 0 Å². The second-order valence-electron chi connectivity index (χ2n) is 16.4. The highest BCUT2D eigenvalue weighted by Gasteiger charge is 2.18. The Morgan fingerprint density at radius 2 is 0.883 bits per heavy atom. The Hall–Kier alpha value is -2.88. The average molecular weight is 850 g/mol. The lowest BCUT2D eigenvalue weighted by molar-refractivity contribution is -0.150. The van der Waals surface area contributed by atoms with Crippen LogP contribution < -0.4 is 0 Å². The number of hydrogen-bond acceptors (Lipinski definition) is 10. The first-order valence-electron chi connectivity index (χ1n) is 24.6. The topological polar surface area (TPSA) is 118 Å². The molecule has 60 heavy (non-hydrogen) atoms. The van der Waals surface area contributed by atoms with E-state index >= 15 is 0 Å². The smallest absolute Gasteiger partial charge is 0.465 e. The largest absolute Gasteiger partial charge is 0.508 e. The van der Waals surface area contributed by atoms with Crippen molar-refractivity contribution in [1.29, 1.82) is 0 Å². The van der Waals surface area contributed by atoms with Gasteiger partial charge in [-0.3, -0.25) is 14.4 Å². The molecule has 0 radical (unpaired) electrons. The summed E-state index contributed by atoms with van der Waals surface area (Å²) in [6.45, 7) is 14.2. The predicted octanol–water partition coefficient (Wildman–Crippen LogP) is 13.0. The number of unbranched alkanes of at least 4 members (excludes halogenated alkanes) is 16. The van der Waals surface area contributed by atoms with Crippen molar-refractivity contribution < 1.29 is 42.9 Å². The van der Waals surface area contributed by atoms with E-state index in [1.807, 2.05) is 0 Å². The van der Waals surface area contributed by atoms with E-state index in [-0.39, 0.29) is 50.8 Å². The van der Waals surface area contributed by atoms with Gasteiger partial charge >= 0.3 is 24.1 Å². The third-order valence-electron chi connectivity index (χ3n) is 11.0. The molecular weight excluding hydrogens is 759 g/mol. The van der Waals surface area contributed by atoms with Gasteiger partial charge in [-0.15, -0.1) is 0 Å². The molecule has 0 aliphatic carbocycles. The van der Waals surface area contributed by atoms with Crippen LogP contribution in [0.1, 0.15) is 208 Å². The normalized spacial score (nSPS) is 12.6. The van der Waals surface area contributed by atoms with E-state index in [1.54, 1.807) is 0 Å². The number of rotatable bonds is 43. The fourth-order valence-corrected chi connectivity index (χ4v) is 6.80. The lowest BCUT2D eigenvalue weighted by Gasteiger charge is -2.18. The van der Waals surface area contributed by atoms with Crippen molar-refractivity contribution in [3.63, 3.8) is 0 Å². The Bertz CT molecular complexity index is 1070. The van der Waals surface area contributed by atoms with Gasteiger partial charge in [0.1, 0.15) is 19.8 Å². The zero-order chi connectivity index (χ0) is 44.2. The van der Waals surface area contributed by atoms with E-state index < -0.39 is 12.1 Å². The van der Waals surface area contributed by atoms with Crippen molar-refractivity contribution in [3.05, 3.63) is 24.3 Å². The quantitative estimate of drug-likeness (QED) is 0.0254. The van der Waals surface area contributed by atoms with E-state index in [0.717, 1.165) is 110 Å². The standard InChI is InChI=1S/C50H91NO9/c1-6-11-13-15-16-17-18-19-20-21-22-23-24-27-31-37-48(53)58-42-46(44-60-50(55)56-40-34-39-51(9-4)10-5)43-59-49(54)38-33-29-26-25-28-32-36-47(52)57-41-45(8-3)35-30-14-12-7-2/h16-17,19-20,45-46H,6-15,18,21-44H2,1-5H3/b17-16-,20-19-. The molecule has 0 N–H and O–H groups in total. The molecule has 0 aromatic heterocycles. The summed E-state index contributed by atoms with van der Waals surface area (Å²) < 4.78 is 27.2. The van der Waals surface area contributed by atoms with Gasteiger partial charge in [0.15, 0.2) is 0 Å². The van der Waals surface area contributed by atoms with Crippen LogP contribution in [-0.4, -0.2) is 81.6 Å². The summed E-state index contributed by atoms with van der Waals surface area (Å²) in [5.74, 6) is -0.745. The minimum Gasteiger partial charge on any atom is -0.465 e. The zero-order valence-corrected chi connectivity index (χ0v) is 39.3. The molecular formula is C50H91NO9. The molecule has 10 heteroatoms. The van der Waals surface area contributed by atoms with Crippen LogP contribution in [0.3, 0.4) is 0 Å². The fraction of sp³-hybridized carbons (Fsp3) is 0.840. The number of allylic oxidation sites excluding steroid dienone is 4. The van der Waals surface area contributed by atoms with Gasteiger partial charge in [-0.05, 0) is 83.2 Å². The maximum Gasteiger partial charge on any atom is 0.508 e. The van der Waals surface area contributed by atoms with Crippen molar-refractivity contribution in [2.75, 3.05) is 52.7 Å². The molecule has 0 amide bonds. The second kappa shape index (κ2) is 44.2. The van der Waals surface area contributed by atoms with Gasteiger partial charge in [0, 0.05) is 25.8 Å². The molecule has 10 nitrogen and oxygen atoms in total. The molecule has 0 bridgehead atoms. The van der Waals surface area contributed by atoms with E-state index in [2.05, 4.69) is 63.8 Å². The molecule has 350 valence electrons. The lowest BCUT2D eigenvalue weighted by atomic mass is 9.99. The van der Waals surface area contributed by atoms with Crippen LogP contribution in [0.4, 0.5) is 4.79 Å². The van der Waals surface area contributed by atoms with E-state index in [0.29, 0.717) is 38.2 Å². The highest BCUT2D eigenvalue weighted by molar-refractivity contribution is 5.70. The third kappa shape index (κ3) is 39.3. The number of carbonyl (C=O) groups excluding carboxylic acids is 4. The fourth-order valence-electron chi connectivity index (χ4n) is 6.80. The van der Waals surface area contributed by atoms with Crippen LogP contribution in [0.5, 0.6) is 0 Å². The monoisotopic (exact) mass is 850 g/mol. The Morgan fingerprint density at radius 1 is 0.450 bits per heavy atom. The average Bonchev–Trinajstić information content (AvgIpc) is 3.25. The summed E-state index contributed by atoms with van der Waals surface area (Å²) in [6.07, 6.45) is 34.8. The third-order valence-corrected chi connectivity index (χ3v) is 11.0. The van der Waals surface area contributed by atoms with Gasteiger partial charge in [0.25, 0.3) is 0 Å². The molecule has 0 saturated carbocycles. The van der Waals surface area contributed by atoms with Gasteiger partial charge in [0.2, 0.25) is 0 Å². The summed E-state index contributed by atoms with van der Waals surface area (Å²) in [4.78, 5) is 51.9. The number of hydrogen-bond donors (Lipinski definition) is 0. The van der Waals surface area contributed by atoms with Gasteiger partial charge in [-0.2, -0.15) is 0 Å². The van der Waals surface area contributed by atoms with E-state index in [9.17, 15) is 19.2 Å². The Kier molecular flexibility index (Phi) is 42.1. The van der Waals surface area contributed by atoms with Crippen molar-refractivity contribution >= 4 is 24.1 Å². The summed E-state index contributed by atoms with van der Waals surface area (Å²) in [5, 5.41) is 0. The number of esters is 3. The minimum atomic E-state index is -0.780. The van der Waals surface area contributed by atoms with Crippen molar-refractivity contribution in [3.8, 4) is 0 Å². The highest BCUT2D eigenvalue weighted by Crippen LogP contribution is 2.16. The Morgan fingerprint density at radius 3 is 1.38 bits per heavy atom. The number of nitrogens with zero attached hydrogens (tertiary/aromatic N) is 1. The number of ether oxygens (including phenoxy) is 5. The molecule has 0 heterocycles. The van der Waals surface area contributed by atoms with E-state index in [4.69, 9.17) is 23.7 Å². The van der Waals surface area contributed by atoms with Crippen LogP contribution in [0, 0.1) is 11.8 Å². The van der Waals surface area contributed by atoms with Gasteiger partial charge in [0.05, 0.1) is 19.1 Å². The molecule has 0 rings (SSSR count). The predicted molar refractivity (Wildman–Crippen MR) is 245 cm³/mol. The molecule has 2 unspecified atom stereocenters.